The summed E-state index contributed by atoms with van der Waals surface area (Å²) in [6, 6.07) is 4.00. The lowest BCUT2D eigenvalue weighted by molar-refractivity contribution is 0.0693. The van der Waals surface area contributed by atoms with E-state index < -0.39 is 11.6 Å². The second-order valence-corrected chi connectivity index (χ2v) is 3.87. The van der Waals surface area contributed by atoms with E-state index in [1.165, 1.54) is 12.1 Å². The molecule has 0 saturated heterocycles. The highest BCUT2D eigenvalue weighted by atomic mass is 19.2. The van der Waals surface area contributed by atoms with Crippen LogP contribution in [0.2, 0.25) is 0 Å². The molecule has 0 aliphatic heterocycles. The van der Waals surface area contributed by atoms with E-state index in [9.17, 15) is 8.78 Å². The Morgan fingerprint density at radius 3 is 2.64 bits per heavy atom. The minimum absolute atomic E-state index is 0.0295. The predicted molar refractivity (Wildman–Crippen MR) is 49.2 cm³/mol. The number of rotatable bonds is 2. The Labute approximate surface area is 81.7 Å². The van der Waals surface area contributed by atoms with Crippen molar-refractivity contribution in [2.24, 2.45) is 5.92 Å². The lowest BCUT2D eigenvalue weighted by Crippen LogP contribution is -2.32. The Kier molecular flexibility index (Phi) is 2.40. The van der Waals surface area contributed by atoms with E-state index in [0.717, 1.165) is 18.9 Å². The number of halogens is 2. The van der Waals surface area contributed by atoms with Crippen LogP contribution in [0.1, 0.15) is 19.8 Å². The van der Waals surface area contributed by atoms with Crippen LogP contribution in [-0.2, 0) is 0 Å². The first kappa shape index (κ1) is 9.44. The third kappa shape index (κ3) is 1.72. The van der Waals surface area contributed by atoms with Crippen molar-refractivity contribution < 1.29 is 13.5 Å². The zero-order valence-corrected chi connectivity index (χ0v) is 7.97. The van der Waals surface area contributed by atoms with Crippen molar-refractivity contribution in [3.05, 3.63) is 29.8 Å². The zero-order valence-electron chi connectivity index (χ0n) is 7.97. The first-order valence-electron chi connectivity index (χ1n) is 4.77. The number of benzene rings is 1. The van der Waals surface area contributed by atoms with Crippen molar-refractivity contribution in [1.82, 2.24) is 0 Å². The van der Waals surface area contributed by atoms with E-state index in [2.05, 4.69) is 6.92 Å². The van der Waals surface area contributed by atoms with Crippen LogP contribution in [0.3, 0.4) is 0 Å². The minimum atomic E-state index is -0.882. The molecule has 1 aromatic carbocycles. The fourth-order valence-corrected chi connectivity index (χ4v) is 1.68. The lowest BCUT2D eigenvalue weighted by atomic mass is 9.84. The van der Waals surface area contributed by atoms with Gasteiger partial charge in [0.05, 0.1) is 6.10 Å². The van der Waals surface area contributed by atoms with Crippen molar-refractivity contribution in [2.45, 2.75) is 25.9 Å². The van der Waals surface area contributed by atoms with Gasteiger partial charge < -0.3 is 4.74 Å². The molecule has 1 aliphatic carbocycles. The van der Waals surface area contributed by atoms with E-state index in [4.69, 9.17) is 4.74 Å². The molecule has 0 unspecified atom stereocenters. The highest BCUT2D eigenvalue weighted by Gasteiger charge is 2.28. The van der Waals surface area contributed by atoms with Gasteiger partial charge in [0, 0.05) is 0 Å². The molecular formula is C11H12F2O. The summed E-state index contributed by atoms with van der Waals surface area (Å²) < 4.78 is 31.2. The standard InChI is InChI=1S/C11H12F2O/c1-7-5-8(6-7)14-10-4-2-3-9(12)11(10)13/h2-4,7-8H,5-6H2,1H3. The molecule has 0 aromatic heterocycles. The van der Waals surface area contributed by atoms with Crippen molar-refractivity contribution in [2.75, 3.05) is 0 Å². The summed E-state index contributed by atoms with van der Waals surface area (Å²) in [4.78, 5) is 0. The fourth-order valence-electron chi connectivity index (χ4n) is 1.68. The summed E-state index contributed by atoms with van der Waals surface area (Å²) in [5, 5.41) is 0. The van der Waals surface area contributed by atoms with Crippen molar-refractivity contribution in [3.63, 3.8) is 0 Å². The van der Waals surface area contributed by atoms with E-state index >= 15 is 0 Å². The minimum Gasteiger partial charge on any atom is -0.487 e. The second kappa shape index (κ2) is 3.56. The molecule has 0 N–H and O–H groups in total. The van der Waals surface area contributed by atoms with Crippen LogP contribution >= 0.6 is 0 Å². The maximum atomic E-state index is 13.1. The summed E-state index contributed by atoms with van der Waals surface area (Å²) in [5.74, 6) is -1.07. The summed E-state index contributed by atoms with van der Waals surface area (Å²) >= 11 is 0. The third-order valence-corrected chi connectivity index (χ3v) is 2.54. The summed E-state index contributed by atoms with van der Waals surface area (Å²) in [5.41, 5.74) is 0. The molecule has 0 radical (unpaired) electrons. The Hall–Kier alpha value is -1.12. The highest BCUT2D eigenvalue weighted by Crippen LogP contribution is 2.31. The van der Waals surface area contributed by atoms with Gasteiger partial charge in [-0.1, -0.05) is 13.0 Å². The first-order chi connectivity index (χ1) is 6.66. The average molecular weight is 198 g/mol. The van der Waals surface area contributed by atoms with E-state index in [1.807, 2.05) is 0 Å². The smallest absolute Gasteiger partial charge is 0.200 e. The van der Waals surface area contributed by atoms with Gasteiger partial charge in [-0.05, 0) is 30.9 Å². The Balaban J connectivity index is 2.06. The molecule has 1 fully saturated rings. The Bertz CT molecular complexity index is 332. The van der Waals surface area contributed by atoms with Crippen LogP contribution in [-0.4, -0.2) is 6.10 Å². The van der Waals surface area contributed by atoms with E-state index in [1.54, 1.807) is 0 Å². The van der Waals surface area contributed by atoms with Gasteiger partial charge in [-0.25, -0.2) is 4.39 Å². The van der Waals surface area contributed by atoms with E-state index in [-0.39, 0.29) is 11.9 Å². The van der Waals surface area contributed by atoms with Gasteiger partial charge in [-0.3, -0.25) is 0 Å². The van der Waals surface area contributed by atoms with Gasteiger partial charge >= 0.3 is 0 Å². The average Bonchev–Trinajstić information content (AvgIpc) is 2.10. The largest absolute Gasteiger partial charge is 0.487 e. The lowest BCUT2D eigenvalue weighted by Gasteiger charge is -2.32. The van der Waals surface area contributed by atoms with Gasteiger partial charge in [0.25, 0.3) is 0 Å². The van der Waals surface area contributed by atoms with Gasteiger partial charge in [0.15, 0.2) is 11.6 Å². The van der Waals surface area contributed by atoms with Crippen molar-refractivity contribution in [3.8, 4) is 5.75 Å². The molecule has 1 saturated carbocycles. The monoisotopic (exact) mass is 198 g/mol. The molecule has 0 atom stereocenters. The number of hydrogen-bond donors (Lipinski definition) is 0. The molecule has 2 rings (SSSR count). The molecule has 1 nitrogen and oxygen atoms in total. The van der Waals surface area contributed by atoms with Crippen LogP contribution in [0.15, 0.2) is 18.2 Å². The molecule has 14 heavy (non-hydrogen) atoms. The molecular weight excluding hydrogens is 186 g/mol. The zero-order chi connectivity index (χ0) is 10.1. The first-order valence-corrected chi connectivity index (χ1v) is 4.77. The van der Waals surface area contributed by atoms with Crippen LogP contribution < -0.4 is 4.74 Å². The normalized spacial score (nSPS) is 25.6. The van der Waals surface area contributed by atoms with Crippen LogP contribution in [0.5, 0.6) is 5.75 Å². The third-order valence-electron chi connectivity index (χ3n) is 2.54. The second-order valence-electron chi connectivity index (χ2n) is 3.87. The Morgan fingerprint density at radius 1 is 1.29 bits per heavy atom. The molecule has 1 aliphatic rings. The number of hydrogen-bond acceptors (Lipinski definition) is 1. The molecule has 0 amide bonds. The van der Waals surface area contributed by atoms with Gasteiger partial charge in [-0.15, -0.1) is 0 Å². The van der Waals surface area contributed by atoms with Gasteiger partial charge in [0.1, 0.15) is 0 Å². The van der Waals surface area contributed by atoms with Crippen LogP contribution in [0.4, 0.5) is 8.78 Å². The Morgan fingerprint density at radius 2 is 2.00 bits per heavy atom. The van der Waals surface area contributed by atoms with Gasteiger partial charge in [0.2, 0.25) is 5.82 Å². The SMILES string of the molecule is CC1CC(Oc2cccc(F)c2F)C1. The van der Waals surface area contributed by atoms with Gasteiger partial charge in [-0.2, -0.15) is 4.39 Å². The maximum Gasteiger partial charge on any atom is 0.200 e. The maximum absolute atomic E-state index is 13.1. The molecule has 1 aromatic rings. The summed E-state index contributed by atoms with van der Waals surface area (Å²) in [6.07, 6.45) is 1.91. The highest BCUT2D eigenvalue weighted by molar-refractivity contribution is 5.25. The van der Waals surface area contributed by atoms with Crippen molar-refractivity contribution in [1.29, 1.82) is 0 Å². The quantitative estimate of drug-likeness (QED) is 0.709. The summed E-state index contributed by atoms with van der Waals surface area (Å²) in [7, 11) is 0. The molecule has 76 valence electrons. The summed E-state index contributed by atoms with van der Waals surface area (Å²) in [6.45, 7) is 2.11. The van der Waals surface area contributed by atoms with E-state index in [0.29, 0.717) is 5.92 Å². The molecule has 0 spiro atoms. The predicted octanol–water partition coefficient (Wildman–Crippen LogP) is 3.14. The molecule has 0 heterocycles. The van der Waals surface area contributed by atoms with Crippen LogP contribution in [0.25, 0.3) is 0 Å². The number of ether oxygens (including phenoxy) is 1. The topological polar surface area (TPSA) is 9.23 Å². The molecule has 3 heteroatoms. The van der Waals surface area contributed by atoms with Crippen molar-refractivity contribution >= 4 is 0 Å². The fraction of sp³-hybridized carbons (Fsp3) is 0.455. The van der Waals surface area contributed by atoms with Crippen LogP contribution in [0, 0.1) is 17.6 Å². The molecule has 0 bridgehead atoms.